The van der Waals surface area contributed by atoms with Gasteiger partial charge in [0.1, 0.15) is 0 Å². The summed E-state index contributed by atoms with van der Waals surface area (Å²) in [7, 11) is 1.50. The first-order chi connectivity index (χ1) is 5.34. The minimum atomic E-state index is 0.664. The third kappa shape index (κ3) is 2.91. The van der Waals surface area contributed by atoms with E-state index in [-0.39, 0.29) is 0 Å². The second-order valence-electron chi connectivity index (χ2n) is 1.85. The predicted molar refractivity (Wildman–Crippen MR) is 44.5 cm³/mol. The molecular formula is C8H12N2O. The fourth-order valence-electron chi connectivity index (χ4n) is 0.600. The number of nitrogens with zero attached hydrogens (tertiary/aromatic N) is 1. The monoisotopic (exact) mass is 152 g/mol. The predicted octanol–water partition coefficient (Wildman–Crippen LogP) is 0.777. The van der Waals surface area contributed by atoms with Crippen LogP contribution in [0.4, 0.5) is 0 Å². The molecule has 1 aromatic heterocycles. The summed E-state index contributed by atoms with van der Waals surface area (Å²) in [5.74, 6) is 0. The molecule has 0 unspecified atom stereocenters. The lowest BCUT2D eigenvalue weighted by molar-refractivity contribution is 0.112. The first kappa shape index (κ1) is 9.78. The largest absolute Gasteiger partial charge is 0.333 e. The number of aldehydes is 1. The molecule has 0 spiro atoms. The molecule has 0 amide bonds. The molecule has 0 saturated heterocycles. The Hall–Kier alpha value is -1.22. The number of nitrogens with two attached hydrogens (primary N) is 1. The summed E-state index contributed by atoms with van der Waals surface area (Å²) in [5, 5.41) is 0. The van der Waals surface area contributed by atoms with Crippen LogP contribution in [0, 0.1) is 6.92 Å². The normalized spacial score (nSPS) is 7.91. The van der Waals surface area contributed by atoms with Gasteiger partial charge in [0.15, 0.2) is 6.29 Å². The molecule has 1 rings (SSSR count). The van der Waals surface area contributed by atoms with Gasteiger partial charge in [-0.05, 0) is 25.6 Å². The number of carbonyl (C=O) groups excluding carboxylic acids is 1. The summed E-state index contributed by atoms with van der Waals surface area (Å²) in [6, 6.07) is 1.81. The molecule has 0 aliphatic carbocycles. The zero-order chi connectivity index (χ0) is 8.69. The smallest absolute Gasteiger partial charge is 0.151 e. The Morgan fingerprint density at radius 2 is 2.18 bits per heavy atom. The Morgan fingerprint density at radius 3 is 2.55 bits per heavy atom. The molecule has 0 fully saturated rings. The molecule has 2 N–H and O–H groups in total. The molecule has 0 atom stereocenters. The van der Waals surface area contributed by atoms with E-state index in [9.17, 15) is 4.79 Å². The Morgan fingerprint density at radius 1 is 1.55 bits per heavy atom. The van der Waals surface area contributed by atoms with Crippen LogP contribution in [0.2, 0.25) is 0 Å². The van der Waals surface area contributed by atoms with Crippen LogP contribution in [0.25, 0.3) is 0 Å². The van der Waals surface area contributed by atoms with Gasteiger partial charge in [-0.1, -0.05) is 0 Å². The van der Waals surface area contributed by atoms with Crippen molar-refractivity contribution >= 4 is 6.29 Å². The van der Waals surface area contributed by atoms with Gasteiger partial charge < -0.3 is 5.73 Å². The molecule has 0 aliphatic heterocycles. The maximum atomic E-state index is 10.2. The van der Waals surface area contributed by atoms with Crippen molar-refractivity contribution < 1.29 is 4.79 Å². The minimum Gasteiger partial charge on any atom is -0.333 e. The lowest BCUT2D eigenvalue weighted by Crippen LogP contribution is -1.85. The van der Waals surface area contributed by atoms with Crippen molar-refractivity contribution in [2.24, 2.45) is 5.73 Å². The Labute approximate surface area is 66.3 Å². The molecule has 1 aromatic rings. The maximum absolute atomic E-state index is 10.2. The van der Waals surface area contributed by atoms with E-state index in [1.807, 2.05) is 13.0 Å². The SMILES string of the molecule is CN.Cc1ccncc1C=O. The van der Waals surface area contributed by atoms with Gasteiger partial charge in [-0.3, -0.25) is 9.78 Å². The van der Waals surface area contributed by atoms with E-state index in [1.165, 1.54) is 7.05 Å². The van der Waals surface area contributed by atoms with Gasteiger partial charge >= 0.3 is 0 Å². The van der Waals surface area contributed by atoms with E-state index >= 15 is 0 Å². The highest BCUT2D eigenvalue weighted by Gasteiger charge is 1.91. The van der Waals surface area contributed by atoms with Crippen LogP contribution in [0.3, 0.4) is 0 Å². The van der Waals surface area contributed by atoms with Crippen LogP contribution in [0.1, 0.15) is 15.9 Å². The number of rotatable bonds is 1. The number of hydrogen-bond donors (Lipinski definition) is 1. The van der Waals surface area contributed by atoms with Crippen LogP contribution in [-0.4, -0.2) is 18.3 Å². The van der Waals surface area contributed by atoms with Gasteiger partial charge in [0.25, 0.3) is 0 Å². The molecule has 0 radical (unpaired) electrons. The van der Waals surface area contributed by atoms with Gasteiger partial charge in [0.2, 0.25) is 0 Å². The van der Waals surface area contributed by atoms with E-state index < -0.39 is 0 Å². The van der Waals surface area contributed by atoms with Gasteiger partial charge in [0, 0.05) is 18.0 Å². The Bertz CT molecular complexity index is 223. The van der Waals surface area contributed by atoms with Gasteiger partial charge in [-0.15, -0.1) is 0 Å². The third-order valence-electron chi connectivity index (χ3n) is 1.21. The first-order valence-electron chi connectivity index (χ1n) is 3.28. The van der Waals surface area contributed by atoms with Crippen molar-refractivity contribution in [3.8, 4) is 0 Å². The number of pyridine rings is 1. The molecule has 11 heavy (non-hydrogen) atoms. The second-order valence-corrected chi connectivity index (χ2v) is 1.85. The molecule has 0 aromatic carbocycles. The van der Waals surface area contributed by atoms with Gasteiger partial charge in [-0.25, -0.2) is 0 Å². The lowest BCUT2D eigenvalue weighted by Gasteiger charge is -1.91. The molecule has 3 heteroatoms. The van der Waals surface area contributed by atoms with Crippen LogP contribution >= 0.6 is 0 Å². The van der Waals surface area contributed by atoms with Crippen molar-refractivity contribution in [3.63, 3.8) is 0 Å². The van der Waals surface area contributed by atoms with Gasteiger partial charge in [0.05, 0.1) is 0 Å². The summed E-state index contributed by atoms with van der Waals surface area (Å²) in [6.45, 7) is 1.88. The summed E-state index contributed by atoms with van der Waals surface area (Å²) < 4.78 is 0. The van der Waals surface area contributed by atoms with Crippen molar-refractivity contribution in [1.29, 1.82) is 0 Å². The van der Waals surface area contributed by atoms with Crippen LogP contribution in [0.5, 0.6) is 0 Å². The molecule has 0 aliphatic rings. The van der Waals surface area contributed by atoms with Crippen LogP contribution in [0.15, 0.2) is 18.5 Å². The quantitative estimate of drug-likeness (QED) is 0.605. The average Bonchev–Trinajstić information content (AvgIpc) is 2.09. The van der Waals surface area contributed by atoms with E-state index in [0.717, 1.165) is 11.8 Å². The van der Waals surface area contributed by atoms with Gasteiger partial charge in [-0.2, -0.15) is 0 Å². The third-order valence-corrected chi connectivity index (χ3v) is 1.21. The number of hydrogen-bond acceptors (Lipinski definition) is 3. The maximum Gasteiger partial charge on any atom is 0.151 e. The van der Waals surface area contributed by atoms with Crippen molar-refractivity contribution in [2.45, 2.75) is 6.92 Å². The first-order valence-corrected chi connectivity index (χ1v) is 3.28. The zero-order valence-corrected chi connectivity index (χ0v) is 6.74. The Balaban J connectivity index is 0.000000461. The zero-order valence-electron chi connectivity index (χ0n) is 6.74. The number of carbonyl (C=O) groups is 1. The lowest BCUT2D eigenvalue weighted by atomic mass is 10.2. The van der Waals surface area contributed by atoms with E-state index in [1.54, 1.807) is 12.4 Å². The fraction of sp³-hybridized carbons (Fsp3) is 0.250. The minimum absolute atomic E-state index is 0.664. The van der Waals surface area contributed by atoms with Crippen LogP contribution < -0.4 is 5.73 Å². The molecule has 60 valence electrons. The molecule has 0 saturated carbocycles. The highest BCUT2D eigenvalue weighted by Crippen LogP contribution is 1.99. The summed E-state index contributed by atoms with van der Waals surface area (Å²) in [4.78, 5) is 14.0. The van der Waals surface area contributed by atoms with Crippen LogP contribution in [-0.2, 0) is 0 Å². The Kier molecular flexibility index (Phi) is 4.94. The summed E-state index contributed by atoms with van der Waals surface area (Å²) >= 11 is 0. The second kappa shape index (κ2) is 5.56. The molecule has 0 bridgehead atoms. The molecular weight excluding hydrogens is 140 g/mol. The topological polar surface area (TPSA) is 56.0 Å². The fourth-order valence-corrected chi connectivity index (χ4v) is 0.600. The van der Waals surface area contributed by atoms with Crippen molar-refractivity contribution in [3.05, 3.63) is 29.6 Å². The van der Waals surface area contributed by atoms with Crippen molar-refractivity contribution in [1.82, 2.24) is 4.98 Å². The van der Waals surface area contributed by atoms with E-state index in [2.05, 4.69) is 10.7 Å². The highest BCUT2D eigenvalue weighted by atomic mass is 16.1. The highest BCUT2D eigenvalue weighted by molar-refractivity contribution is 5.76. The van der Waals surface area contributed by atoms with Crippen molar-refractivity contribution in [2.75, 3.05) is 7.05 Å². The number of aryl methyl sites for hydroxylation is 1. The molecule has 1 heterocycles. The average molecular weight is 152 g/mol. The van der Waals surface area contributed by atoms with E-state index in [4.69, 9.17) is 0 Å². The molecule has 3 nitrogen and oxygen atoms in total. The summed E-state index contributed by atoms with van der Waals surface area (Å²) in [5.41, 5.74) is 6.14. The number of aromatic nitrogens is 1. The summed E-state index contributed by atoms with van der Waals surface area (Å²) in [6.07, 6.45) is 4.03. The standard InChI is InChI=1S/C7H7NO.CH5N/c1-6-2-3-8-4-7(6)5-9;1-2/h2-5H,1H3;2H2,1H3. The van der Waals surface area contributed by atoms with E-state index in [0.29, 0.717) is 5.56 Å².